The number of hydrogen-bond donors (Lipinski definition) is 1. The zero-order valence-electron chi connectivity index (χ0n) is 17.0. The van der Waals surface area contributed by atoms with E-state index in [2.05, 4.69) is 38.0 Å². The fourth-order valence-corrected chi connectivity index (χ4v) is 3.69. The molecule has 28 heavy (non-hydrogen) atoms. The van der Waals surface area contributed by atoms with Crippen molar-refractivity contribution in [1.29, 1.82) is 0 Å². The maximum Gasteiger partial charge on any atom is 0.276 e. The van der Waals surface area contributed by atoms with Crippen molar-refractivity contribution in [3.63, 3.8) is 0 Å². The third-order valence-corrected chi connectivity index (χ3v) is 4.90. The number of benzene rings is 1. The maximum atomic E-state index is 13.2. The zero-order valence-corrected chi connectivity index (χ0v) is 17.0. The van der Waals surface area contributed by atoms with Crippen LogP contribution >= 0.6 is 0 Å². The van der Waals surface area contributed by atoms with Gasteiger partial charge in [-0.3, -0.25) is 9.59 Å². The molecule has 2 unspecified atom stereocenters. The summed E-state index contributed by atoms with van der Waals surface area (Å²) in [6.07, 6.45) is 2.84. The Morgan fingerprint density at radius 1 is 1.18 bits per heavy atom. The molecule has 1 fully saturated rings. The first-order chi connectivity index (χ1) is 13.3. The summed E-state index contributed by atoms with van der Waals surface area (Å²) in [4.78, 5) is 32.1. The number of aromatic nitrogens is 1. The molecule has 1 aromatic carbocycles. The molecule has 1 aliphatic heterocycles. The molecule has 0 radical (unpaired) electrons. The average Bonchev–Trinajstić information content (AvgIpc) is 3.13. The normalized spacial score (nSPS) is 19.9. The third-order valence-electron chi connectivity index (χ3n) is 4.90. The molecule has 3 rings (SSSR count). The molecule has 1 saturated heterocycles. The smallest absolute Gasteiger partial charge is 0.276 e. The summed E-state index contributed by atoms with van der Waals surface area (Å²) in [5.74, 6) is 0.806. The molecule has 2 aromatic rings. The van der Waals surface area contributed by atoms with Gasteiger partial charge in [0.1, 0.15) is 12.3 Å². The van der Waals surface area contributed by atoms with E-state index >= 15 is 0 Å². The lowest BCUT2D eigenvalue weighted by molar-refractivity contribution is -0.130. The number of nitrogens with one attached hydrogen (secondary N) is 1. The van der Waals surface area contributed by atoms with Crippen LogP contribution in [0, 0.1) is 11.8 Å². The van der Waals surface area contributed by atoms with Crippen LogP contribution in [0.4, 0.5) is 0 Å². The van der Waals surface area contributed by atoms with Gasteiger partial charge >= 0.3 is 0 Å². The monoisotopic (exact) mass is 383 g/mol. The van der Waals surface area contributed by atoms with E-state index in [1.807, 2.05) is 30.3 Å². The SMILES string of the molecule is CC(C)CC1CN(C(=O)c2coc(-c3ccccc3)n2)C(CC(C)C)C(=O)N1. The van der Waals surface area contributed by atoms with Crippen LogP contribution in [0.2, 0.25) is 0 Å². The van der Waals surface area contributed by atoms with E-state index in [4.69, 9.17) is 4.42 Å². The third kappa shape index (κ3) is 4.61. The van der Waals surface area contributed by atoms with Gasteiger partial charge in [0, 0.05) is 18.2 Å². The first kappa shape index (κ1) is 20.1. The Kier molecular flexibility index (Phi) is 6.17. The van der Waals surface area contributed by atoms with Crippen LogP contribution < -0.4 is 5.32 Å². The highest BCUT2D eigenvalue weighted by Crippen LogP contribution is 2.23. The van der Waals surface area contributed by atoms with E-state index < -0.39 is 6.04 Å². The van der Waals surface area contributed by atoms with Crippen LogP contribution in [0.25, 0.3) is 11.5 Å². The summed E-state index contributed by atoms with van der Waals surface area (Å²) in [6, 6.07) is 8.95. The summed E-state index contributed by atoms with van der Waals surface area (Å²) in [6.45, 7) is 8.83. The van der Waals surface area contributed by atoms with Crippen molar-refractivity contribution < 1.29 is 14.0 Å². The Labute approximate surface area is 166 Å². The molecule has 1 aliphatic rings. The quantitative estimate of drug-likeness (QED) is 0.824. The topological polar surface area (TPSA) is 75.4 Å². The number of nitrogens with zero attached hydrogens (tertiary/aromatic N) is 2. The predicted octanol–water partition coefficient (Wildman–Crippen LogP) is 3.74. The predicted molar refractivity (Wildman–Crippen MR) is 108 cm³/mol. The van der Waals surface area contributed by atoms with Crippen molar-refractivity contribution in [2.75, 3.05) is 6.54 Å². The molecule has 1 N–H and O–H groups in total. The molecule has 2 atom stereocenters. The van der Waals surface area contributed by atoms with Crippen molar-refractivity contribution in [1.82, 2.24) is 15.2 Å². The lowest BCUT2D eigenvalue weighted by Gasteiger charge is -2.40. The number of hydrogen-bond acceptors (Lipinski definition) is 4. The highest BCUT2D eigenvalue weighted by Gasteiger charge is 2.38. The minimum atomic E-state index is -0.479. The van der Waals surface area contributed by atoms with Crippen molar-refractivity contribution in [3.8, 4) is 11.5 Å². The van der Waals surface area contributed by atoms with Gasteiger partial charge in [0.15, 0.2) is 5.69 Å². The van der Waals surface area contributed by atoms with E-state index in [-0.39, 0.29) is 23.6 Å². The Bertz CT molecular complexity index is 813. The highest BCUT2D eigenvalue weighted by molar-refractivity contribution is 5.97. The minimum Gasteiger partial charge on any atom is -0.444 e. The molecule has 2 amide bonds. The fourth-order valence-electron chi connectivity index (χ4n) is 3.69. The largest absolute Gasteiger partial charge is 0.444 e. The van der Waals surface area contributed by atoms with Crippen LogP contribution in [0.3, 0.4) is 0 Å². The summed E-state index contributed by atoms with van der Waals surface area (Å²) in [5, 5.41) is 3.09. The lowest BCUT2D eigenvalue weighted by atomic mass is 9.95. The standard InChI is InChI=1S/C22H29N3O3/c1-14(2)10-17-12-25(19(11-15(3)4)20(26)23-17)22(27)18-13-28-21(24-18)16-8-6-5-7-9-16/h5-9,13-15,17,19H,10-12H2,1-4H3,(H,23,26). The second-order valence-electron chi connectivity index (χ2n) is 8.34. The Morgan fingerprint density at radius 2 is 1.86 bits per heavy atom. The van der Waals surface area contributed by atoms with Crippen LogP contribution in [-0.4, -0.2) is 40.3 Å². The maximum absolute atomic E-state index is 13.2. The van der Waals surface area contributed by atoms with E-state index in [0.717, 1.165) is 12.0 Å². The summed E-state index contributed by atoms with van der Waals surface area (Å²) < 4.78 is 5.54. The van der Waals surface area contributed by atoms with Gasteiger partial charge in [-0.2, -0.15) is 0 Å². The highest BCUT2D eigenvalue weighted by atomic mass is 16.3. The Hall–Kier alpha value is -2.63. The van der Waals surface area contributed by atoms with Crippen LogP contribution in [0.5, 0.6) is 0 Å². The number of oxazole rings is 1. The van der Waals surface area contributed by atoms with Crippen LogP contribution in [0.1, 0.15) is 51.0 Å². The molecule has 0 saturated carbocycles. The van der Waals surface area contributed by atoms with E-state index in [1.165, 1.54) is 6.26 Å². The summed E-state index contributed by atoms with van der Waals surface area (Å²) in [7, 11) is 0. The molecular formula is C22H29N3O3. The van der Waals surface area contributed by atoms with Gasteiger partial charge in [-0.25, -0.2) is 4.98 Å². The fraction of sp³-hybridized carbons (Fsp3) is 0.500. The molecule has 150 valence electrons. The molecule has 6 heteroatoms. The summed E-state index contributed by atoms with van der Waals surface area (Å²) >= 11 is 0. The first-order valence-corrected chi connectivity index (χ1v) is 9.97. The number of carbonyl (C=O) groups excluding carboxylic acids is 2. The minimum absolute atomic E-state index is 0.0413. The average molecular weight is 383 g/mol. The van der Waals surface area contributed by atoms with E-state index in [0.29, 0.717) is 30.7 Å². The van der Waals surface area contributed by atoms with Gasteiger partial charge in [0.05, 0.1) is 0 Å². The van der Waals surface area contributed by atoms with Crippen LogP contribution in [0.15, 0.2) is 41.0 Å². The van der Waals surface area contributed by atoms with Crippen molar-refractivity contribution in [2.24, 2.45) is 11.8 Å². The van der Waals surface area contributed by atoms with Crippen molar-refractivity contribution in [3.05, 3.63) is 42.3 Å². The molecule has 1 aromatic heterocycles. The molecule has 0 bridgehead atoms. The van der Waals surface area contributed by atoms with Gasteiger partial charge in [-0.05, 0) is 36.8 Å². The van der Waals surface area contributed by atoms with Crippen molar-refractivity contribution in [2.45, 2.75) is 52.6 Å². The number of rotatable bonds is 6. The van der Waals surface area contributed by atoms with Crippen molar-refractivity contribution >= 4 is 11.8 Å². The lowest BCUT2D eigenvalue weighted by Crippen LogP contribution is -2.62. The first-order valence-electron chi connectivity index (χ1n) is 9.97. The molecule has 0 spiro atoms. The second-order valence-corrected chi connectivity index (χ2v) is 8.34. The van der Waals surface area contributed by atoms with Gasteiger partial charge in [-0.15, -0.1) is 0 Å². The van der Waals surface area contributed by atoms with E-state index in [9.17, 15) is 9.59 Å². The van der Waals surface area contributed by atoms with Gasteiger partial charge in [-0.1, -0.05) is 45.9 Å². The molecular weight excluding hydrogens is 354 g/mol. The molecule has 2 heterocycles. The van der Waals surface area contributed by atoms with Gasteiger partial charge in [0.2, 0.25) is 11.8 Å². The Morgan fingerprint density at radius 3 is 2.50 bits per heavy atom. The number of carbonyl (C=O) groups is 2. The molecule has 6 nitrogen and oxygen atoms in total. The van der Waals surface area contributed by atoms with Crippen LogP contribution in [-0.2, 0) is 4.79 Å². The zero-order chi connectivity index (χ0) is 20.3. The number of amides is 2. The van der Waals surface area contributed by atoms with Gasteiger partial charge < -0.3 is 14.6 Å². The number of piperazine rings is 1. The Balaban J connectivity index is 1.85. The molecule has 0 aliphatic carbocycles. The summed E-state index contributed by atoms with van der Waals surface area (Å²) in [5.41, 5.74) is 1.06. The second kappa shape index (κ2) is 8.59. The van der Waals surface area contributed by atoms with E-state index in [1.54, 1.807) is 4.90 Å². The van der Waals surface area contributed by atoms with Gasteiger partial charge in [0.25, 0.3) is 5.91 Å².